The number of aromatic nitrogens is 2. The molecule has 0 aliphatic heterocycles. The molecule has 0 fully saturated rings. The fraction of sp³-hybridized carbons (Fsp3) is 0.417. The lowest BCUT2D eigenvalue weighted by molar-refractivity contribution is 0.303. The van der Waals surface area contributed by atoms with Gasteiger partial charge in [-0.3, -0.25) is 4.98 Å². The van der Waals surface area contributed by atoms with Gasteiger partial charge in [0, 0.05) is 41.5 Å². The Balaban J connectivity index is 2.08. The highest BCUT2D eigenvalue weighted by atomic mass is 15.1. The van der Waals surface area contributed by atoms with Crippen molar-refractivity contribution in [3.05, 3.63) is 29.7 Å². The second kappa shape index (κ2) is 3.07. The van der Waals surface area contributed by atoms with Gasteiger partial charge in [-0.1, -0.05) is 0 Å². The number of nitrogens with zero attached hydrogens (tertiary/aromatic N) is 2. The van der Waals surface area contributed by atoms with Crippen LogP contribution in [-0.2, 0) is 12.8 Å². The minimum absolute atomic E-state index is 0.649. The Kier molecular flexibility index (Phi) is 1.83. The first-order valence-corrected chi connectivity index (χ1v) is 5.35. The summed E-state index contributed by atoms with van der Waals surface area (Å²) >= 11 is 0. The van der Waals surface area contributed by atoms with Crippen molar-refractivity contribution in [2.24, 2.45) is 0 Å². The van der Waals surface area contributed by atoms with Gasteiger partial charge in [0.1, 0.15) is 0 Å². The molecule has 0 spiro atoms. The molecule has 2 heterocycles. The molecule has 0 saturated heterocycles. The first-order valence-electron chi connectivity index (χ1n) is 5.35. The van der Waals surface area contributed by atoms with Crippen molar-refractivity contribution in [3.8, 4) is 0 Å². The normalized spacial score (nSPS) is 20.1. The lowest BCUT2D eigenvalue weighted by Gasteiger charge is -2.18. The summed E-state index contributed by atoms with van der Waals surface area (Å²) in [4.78, 5) is 9.99. The molecule has 1 N–H and O–H groups in total. The van der Waals surface area contributed by atoms with E-state index < -0.39 is 0 Å². The van der Waals surface area contributed by atoms with Gasteiger partial charge >= 0.3 is 0 Å². The first-order chi connectivity index (χ1) is 7.25. The van der Waals surface area contributed by atoms with Crippen molar-refractivity contribution >= 4 is 10.9 Å². The zero-order valence-electron chi connectivity index (χ0n) is 9.12. The quantitative estimate of drug-likeness (QED) is 0.760. The van der Waals surface area contributed by atoms with Crippen LogP contribution in [0, 0.1) is 0 Å². The smallest absolute Gasteiger partial charge is 0.0490 e. The van der Waals surface area contributed by atoms with Crippen molar-refractivity contribution in [1.82, 2.24) is 14.9 Å². The van der Waals surface area contributed by atoms with E-state index in [0.29, 0.717) is 6.04 Å². The third-order valence-corrected chi connectivity index (χ3v) is 3.41. The Morgan fingerprint density at radius 2 is 2.27 bits per heavy atom. The van der Waals surface area contributed by atoms with Crippen LogP contribution in [-0.4, -0.2) is 35.0 Å². The maximum atomic E-state index is 4.20. The van der Waals surface area contributed by atoms with E-state index in [1.807, 2.05) is 12.4 Å². The highest BCUT2D eigenvalue weighted by Crippen LogP contribution is 2.30. The van der Waals surface area contributed by atoms with Gasteiger partial charge in [-0.25, -0.2) is 0 Å². The van der Waals surface area contributed by atoms with E-state index >= 15 is 0 Å². The largest absolute Gasteiger partial charge is 0.358 e. The molecule has 0 radical (unpaired) electrons. The van der Waals surface area contributed by atoms with Crippen LogP contribution in [0.1, 0.15) is 11.3 Å². The highest BCUT2D eigenvalue weighted by molar-refractivity contribution is 5.84. The number of hydrogen-bond acceptors (Lipinski definition) is 2. The molecular formula is C12H15N3. The lowest BCUT2D eigenvalue weighted by atomic mass is 10.1. The van der Waals surface area contributed by atoms with Gasteiger partial charge < -0.3 is 9.88 Å². The average molecular weight is 201 g/mol. The number of rotatable bonds is 1. The predicted octanol–water partition coefficient (Wildman–Crippen LogP) is 1.59. The number of nitrogens with one attached hydrogen (secondary N) is 1. The summed E-state index contributed by atoms with van der Waals surface area (Å²) in [6.07, 6.45) is 6.10. The van der Waals surface area contributed by atoms with E-state index in [0.717, 1.165) is 12.8 Å². The molecule has 1 atom stereocenters. The summed E-state index contributed by atoms with van der Waals surface area (Å²) in [5.74, 6) is 0. The maximum Gasteiger partial charge on any atom is 0.0490 e. The maximum absolute atomic E-state index is 4.20. The van der Waals surface area contributed by atoms with Crippen LogP contribution in [0.5, 0.6) is 0 Å². The first kappa shape index (κ1) is 8.92. The molecule has 78 valence electrons. The van der Waals surface area contributed by atoms with Crippen LogP contribution >= 0.6 is 0 Å². The molecular weight excluding hydrogens is 186 g/mol. The number of hydrogen-bond donors (Lipinski definition) is 1. The van der Waals surface area contributed by atoms with E-state index in [1.54, 1.807) is 0 Å². The van der Waals surface area contributed by atoms with Gasteiger partial charge in [0.2, 0.25) is 0 Å². The molecule has 3 heteroatoms. The highest BCUT2D eigenvalue weighted by Gasteiger charge is 2.26. The molecule has 3 rings (SSSR count). The topological polar surface area (TPSA) is 31.9 Å². The number of aromatic amines is 1. The van der Waals surface area contributed by atoms with Gasteiger partial charge in [-0.05, 0) is 32.1 Å². The van der Waals surface area contributed by atoms with E-state index in [2.05, 4.69) is 35.0 Å². The summed E-state index contributed by atoms with van der Waals surface area (Å²) in [5, 5.41) is 1.30. The van der Waals surface area contributed by atoms with Crippen molar-refractivity contribution < 1.29 is 0 Å². The van der Waals surface area contributed by atoms with Gasteiger partial charge in [-0.2, -0.15) is 0 Å². The SMILES string of the molecule is CN(C)C1Cc2[nH]c3ccncc3c2C1. The molecule has 1 aliphatic rings. The van der Waals surface area contributed by atoms with E-state index in [9.17, 15) is 0 Å². The van der Waals surface area contributed by atoms with E-state index in [1.165, 1.54) is 22.2 Å². The van der Waals surface area contributed by atoms with Gasteiger partial charge in [0.15, 0.2) is 0 Å². The van der Waals surface area contributed by atoms with Gasteiger partial charge in [-0.15, -0.1) is 0 Å². The van der Waals surface area contributed by atoms with Crippen LogP contribution in [0.2, 0.25) is 0 Å². The molecule has 1 unspecified atom stereocenters. The number of pyridine rings is 1. The van der Waals surface area contributed by atoms with Gasteiger partial charge in [0.25, 0.3) is 0 Å². The van der Waals surface area contributed by atoms with Crippen LogP contribution in [0.15, 0.2) is 18.5 Å². The monoisotopic (exact) mass is 201 g/mol. The molecule has 0 bridgehead atoms. The molecule has 15 heavy (non-hydrogen) atoms. The average Bonchev–Trinajstić information content (AvgIpc) is 2.73. The van der Waals surface area contributed by atoms with Crippen LogP contribution < -0.4 is 0 Å². The molecule has 0 aromatic carbocycles. The van der Waals surface area contributed by atoms with Crippen molar-refractivity contribution in [1.29, 1.82) is 0 Å². The second-order valence-electron chi connectivity index (χ2n) is 4.53. The zero-order chi connectivity index (χ0) is 10.4. The summed E-state index contributed by atoms with van der Waals surface area (Å²) in [5.41, 5.74) is 4.10. The molecule has 3 nitrogen and oxygen atoms in total. The molecule has 2 aromatic heterocycles. The molecule has 0 amide bonds. The van der Waals surface area contributed by atoms with E-state index in [4.69, 9.17) is 0 Å². The summed E-state index contributed by atoms with van der Waals surface area (Å²) in [6, 6.07) is 2.70. The molecule has 1 aliphatic carbocycles. The Bertz CT molecular complexity index is 499. The summed E-state index contributed by atoms with van der Waals surface area (Å²) in [6.45, 7) is 0. The number of fused-ring (bicyclic) bond motifs is 3. The van der Waals surface area contributed by atoms with E-state index in [-0.39, 0.29) is 0 Å². The minimum atomic E-state index is 0.649. The Labute approximate surface area is 89.1 Å². The van der Waals surface area contributed by atoms with Crippen molar-refractivity contribution in [2.45, 2.75) is 18.9 Å². The lowest BCUT2D eigenvalue weighted by Crippen LogP contribution is -2.28. The third-order valence-electron chi connectivity index (χ3n) is 3.41. The third kappa shape index (κ3) is 1.27. The molecule has 0 saturated carbocycles. The molecule has 2 aromatic rings. The number of likely N-dealkylation sites (N-methyl/N-ethyl adjacent to an activating group) is 1. The van der Waals surface area contributed by atoms with Gasteiger partial charge in [0.05, 0.1) is 0 Å². The zero-order valence-corrected chi connectivity index (χ0v) is 9.12. The second-order valence-corrected chi connectivity index (χ2v) is 4.53. The summed E-state index contributed by atoms with van der Waals surface area (Å²) < 4.78 is 0. The number of H-pyrrole nitrogens is 1. The minimum Gasteiger partial charge on any atom is -0.358 e. The Morgan fingerprint density at radius 1 is 1.40 bits per heavy atom. The van der Waals surface area contributed by atoms with Crippen LogP contribution in [0.4, 0.5) is 0 Å². The Hall–Kier alpha value is -1.35. The standard InChI is InChI=1S/C12H15N3/c1-15(2)8-5-9-10-7-13-4-3-11(10)14-12(9)6-8/h3-4,7-8,14H,5-6H2,1-2H3. The van der Waals surface area contributed by atoms with Crippen molar-refractivity contribution in [2.75, 3.05) is 14.1 Å². The predicted molar refractivity (Wildman–Crippen MR) is 61.0 cm³/mol. The van der Waals surface area contributed by atoms with Crippen molar-refractivity contribution in [3.63, 3.8) is 0 Å². The summed E-state index contributed by atoms with van der Waals surface area (Å²) in [7, 11) is 4.30. The fourth-order valence-electron chi connectivity index (χ4n) is 2.46. The fourth-order valence-corrected chi connectivity index (χ4v) is 2.46. The van der Waals surface area contributed by atoms with Crippen LogP contribution in [0.25, 0.3) is 10.9 Å². The van der Waals surface area contributed by atoms with Crippen LogP contribution in [0.3, 0.4) is 0 Å². The Morgan fingerprint density at radius 3 is 3.07 bits per heavy atom.